The first-order valence-electron chi connectivity index (χ1n) is 8.44. The lowest BCUT2D eigenvalue weighted by atomic mass is 10.2. The van der Waals surface area contributed by atoms with Gasteiger partial charge >= 0.3 is 23.9 Å². The van der Waals surface area contributed by atoms with E-state index < -0.39 is 36.1 Å². The van der Waals surface area contributed by atoms with Gasteiger partial charge in [-0.25, -0.2) is 19.2 Å². The Labute approximate surface area is 170 Å². The highest BCUT2D eigenvalue weighted by atomic mass is 16.6. The molecule has 0 saturated carbocycles. The molecule has 158 valence electrons. The second-order valence-corrected chi connectivity index (χ2v) is 5.71. The van der Waals surface area contributed by atoms with Crippen molar-refractivity contribution in [1.82, 2.24) is 0 Å². The minimum Gasteiger partial charge on any atom is -0.496 e. The molecule has 0 fully saturated rings. The zero-order valence-corrected chi connectivity index (χ0v) is 15.9. The Morgan fingerprint density at radius 3 is 1.33 bits per heavy atom. The smallest absolute Gasteiger partial charge is 0.349 e. The van der Waals surface area contributed by atoms with Crippen molar-refractivity contribution in [2.24, 2.45) is 0 Å². The number of ether oxygens (including phenoxy) is 4. The van der Waals surface area contributed by atoms with Crippen LogP contribution < -0.4 is 9.47 Å². The van der Waals surface area contributed by atoms with Gasteiger partial charge in [0, 0.05) is 0 Å². The summed E-state index contributed by atoms with van der Waals surface area (Å²) in [5.41, 5.74) is -0.243. The van der Waals surface area contributed by atoms with Crippen LogP contribution in [0.5, 0.6) is 11.5 Å². The van der Waals surface area contributed by atoms with Crippen molar-refractivity contribution >= 4 is 23.9 Å². The Morgan fingerprint density at radius 1 is 0.667 bits per heavy atom. The Morgan fingerprint density at radius 2 is 1.00 bits per heavy atom. The zero-order chi connectivity index (χ0) is 22.3. The molecule has 0 unspecified atom stereocenters. The van der Waals surface area contributed by atoms with Crippen molar-refractivity contribution in [3.8, 4) is 11.5 Å². The SMILES string of the molecule is COc1ccccc1C(=O)OC(=O)[C@H](O)[C@@H](O)C(=O)OC(=O)c1ccccc1OC. The standard InChI is InChI=1S/C20H18O10/c1-27-13-9-5-3-7-11(13)17(23)29-19(25)15(21)16(22)20(26)30-18(24)12-8-4-6-10-14(12)28-2/h3-10,15-16,21-22H,1-2H3/t15-,16-/m1/s1. The number of aliphatic hydroxyl groups excluding tert-OH is 2. The summed E-state index contributed by atoms with van der Waals surface area (Å²) in [4.78, 5) is 48.0. The molecule has 0 heterocycles. The molecule has 30 heavy (non-hydrogen) atoms. The fourth-order valence-corrected chi connectivity index (χ4v) is 2.30. The number of carbonyl (C=O) groups is 4. The van der Waals surface area contributed by atoms with Gasteiger partial charge in [0.25, 0.3) is 0 Å². The van der Waals surface area contributed by atoms with Gasteiger partial charge in [-0.3, -0.25) is 0 Å². The monoisotopic (exact) mass is 418 g/mol. The summed E-state index contributed by atoms with van der Waals surface area (Å²) in [7, 11) is 2.59. The lowest BCUT2D eigenvalue weighted by Crippen LogP contribution is -2.43. The molecule has 0 saturated heterocycles. The van der Waals surface area contributed by atoms with Gasteiger partial charge in [-0.15, -0.1) is 0 Å². The van der Waals surface area contributed by atoms with E-state index in [1.54, 1.807) is 12.1 Å². The lowest BCUT2D eigenvalue weighted by Gasteiger charge is -2.15. The molecular formula is C20H18O10. The first-order chi connectivity index (χ1) is 14.3. The fourth-order valence-electron chi connectivity index (χ4n) is 2.30. The molecule has 0 radical (unpaired) electrons. The summed E-state index contributed by atoms with van der Waals surface area (Å²) in [5, 5.41) is 19.6. The van der Waals surface area contributed by atoms with Crippen LogP contribution in [-0.4, -0.2) is 60.5 Å². The zero-order valence-electron chi connectivity index (χ0n) is 15.9. The van der Waals surface area contributed by atoms with Crippen molar-refractivity contribution in [2.75, 3.05) is 14.2 Å². The Balaban J connectivity index is 2.02. The molecule has 2 atom stereocenters. The molecule has 2 aromatic rings. The quantitative estimate of drug-likeness (QED) is 0.481. The Kier molecular flexibility index (Phi) is 7.62. The van der Waals surface area contributed by atoms with E-state index in [0.717, 1.165) is 0 Å². The van der Waals surface area contributed by atoms with Gasteiger partial charge in [0.1, 0.15) is 22.6 Å². The number of aliphatic hydroxyl groups is 2. The highest BCUT2D eigenvalue weighted by Gasteiger charge is 2.36. The van der Waals surface area contributed by atoms with E-state index in [0.29, 0.717) is 0 Å². The van der Waals surface area contributed by atoms with Crippen molar-refractivity contribution in [1.29, 1.82) is 0 Å². The second kappa shape index (κ2) is 10.1. The van der Waals surface area contributed by atoms with E-state index in [1.807, 2.05) is 0 Å². The molecule has 10 heteroatoms. The van der Waals surface area contributed by atoms with Crippen LogP contribution >= 0.6 is 0 Å². The maximum absolute atomic E-state index is 12.1. The number of rotatable bonds is 7. The lowest BCUT2D eigenvalue weighted by molar-refractivity contribution is -0.166. The largest absolute Gasteiger partial charge is 0.496 e. The average molecular weight is 418 g/mol. The van der Waals surface area contributed by atoms with E-state index in [4.69, 9.17) is 9.47 Å². The van der Waals surface area contributed by atoms with E-state index in [9.17, 15) is 29.4 Å². The maximum atomic E-state index is 12.1. The van der Waals surface area contributed by atoms with Gasteiger partial charge in [-0.05, 0) is 24.3 Å². The first kappa shape index (κ1) is 22.5. The number of methoxy groups -OCH3 is 2. The van der Waals surface area contributed by atoms with Crippen LogP contribution in [0, 0.1) is 0 Å². The van der Waals surface area contributed by atoms with Gasteiger partial charge in [0.05, 0.1) is 14.2 Å². The van der Waals surface area contributed by atoms with Crippen LogP contribution in [0.4, 0.5) is 0 Å². The van der Waals surface area contributed by atoms with Gasteiger partial charge in [0.2, 0.25) is 0 Å². The molecule has 0 spiro atoms. The van der Waals surface area contributed by atoms with Gasteiger partial charge in [-0.2, -0.15) is 0 Å². The van der Waals surface area contributed by atoms with E-state index in [1.165, 1.54) is 50.6 Å². The molecule has 10 nitrogen and oxygen atoms in total. The molecule has 0 aliphatic carbocycles. The number of benzene rings is 2. The highest BCUT2D eigenvalue weighted by Crippen LogP contribution is 2.20. The van der Waals surface area contributed by atoms with Crippen molar-refractivity contribution in [3.05, 3.63) is 59.7 Å². The summed E-state index contributed by atoms with van der Waals surface area (Å²) in [6, 6.07) is 11.6. The normalized spacial score (nSPS) is 12.3. The van der Waals surface area contributed by atoms with Crippen molar-refractivity contribution in [2.45, 2.75) is 12.2 Å². The second-order valence-electron chi connectivity index (χ2n) is 5.71. The number of hydrogen-bond acceptors (Lipinski definition) is 10. The summed E-state index contributed by atoms with van der Waals surface area (Å²) in [6.45, 7) is 0. The number of esters is 4. The van der Waals surface area contributed by atoms with Gasteiger partial charge in [0.15, 0.2) is 12.2 Å². The van der Waals surface area contributed by atoms with Gasteiger partial charge in [-0.1, -0.05) is 24.3 Å². The third-order valence-electron chi connectivity index (χ3n) is 3.82. The summed E-state index contributed by atoms with van der Waals surface area (Å²) in [6.07, 6.45) is -4.97. The minimum absolute atomic E-state index is 0.104. The van der Waals surface area contributed by atoms with E-state index in [2.05, 4.69) is 9.47 Å². The average Bonchev–Trinajstić information content (AvgIpc) is 2.77. The Bertz CT molecular complexity index is 875. The van der Waals surface area contributed by atoms with Crippen LogP contribution in [0.1, 0.15) is 20.7 Å². The Hall–Kier alpha value is -3.76. The topological polar surface area (TPSA) is 146 Å². The molecule has 2 N–H and O–H groups in total. The third kappa shape index (κ3) is 5.19. The summed E-state index contributed by atoms with van der Waals surface area (Å²) in [5.74, 6) is -5.40. The summed E-state index contributed by atoms with van der Waals surface area (Å²) >= 11 is 0. The van der Waals surface area contributed by atoms with Crippen LogP contribution in [-0.2, 0) is 19.1 Å². The minimum atomic E-state index is -2.48. The van der Waals surface area contributed by atoms with Crippen molar-refractivity contribution in [3.63, 3.8) is 0 Å². The fraction of sp³-hybridized carbons (Fsp3) is 0.200. The molecule has 0 aromatic heterocycles. The molecular weight excluding hydrogens is 400 g/mol. The first-order valence-corrected chi connectivity index (χ1v) is 8.44. The highest BCUT2D eigenvalue weighted by molar-refractivity contribution is 6.03. The van der Waals surface area contributed by atoms with E-state index >= 15 is 0 Å². The molecule has 0 aliphatic rings. The molecule has 0 aliphatic heterocycles. The number of carbonyl (C=O) groups excluding carboxylic acids is 4. The van der Waals surface area contributed by atoms with Gasteiger partial charge < -0.3 is 29.2 Å². The van der Waals surface area contributed by atoms with Crippen LogP contribution in [0.3, 0.4) is 0 Å². The molecule has 2 aromatic carbocycles. The number of hydrogen-bond donors (Lipinski definition) is 2. The van der Waals surface area contributed by atoms with Crippen LogP contribution in [0.15, 0.2) is 48.5 Å². The van der Waals surface area contributed by atoms with Crippen LogP contribution in [0.25, 0.3) is 0 Å². The molecule has 0 bridgehead atoms. The van der Waals surface area contributed by atoms with Crippen molar-refractivity contribution < 1.29 is 48.3 Å². The van der Waals surface area contributed by atoms with E-state index in [-0.39, 0.29) is 22.6 Å². The maximum Gasteiger partial charge on any atom is 0.349 e. The molecule has 2 rings (SSSR count). The number of para-hydroxylation sites is 2. The third-order valence-corrected chi connectivity index (χ3v) is 3.82. The summed E-state index contributed by atoms with van der Waals surface area (Å²) < 4.78 is 18.8. The van der Waals surface area contributed by atoms with Crippen LogP contribution in [0.2, 0.25) is 0 Å². The molecule has 0 amide bonds. The predicted molar refractivity (Wildman–Crippen MR) is 98.8 cm³/mol. The predicted octanol–water partition coefficient (Wildman–Crippen LogP) is 0.493.